The fraction of sp³-hybridized carbons (Fsp3) is 0.400. The first-order chi connectivity index (χ1) is 7.25. The minimum atomic E-state index is -0.141. The highest BCUT2D eigenvalue weighted by molar-refractivity contribution is 9.10. The Kier molecular flexibility index (Phi) is 3.33. The highest BCUT2D eigenvalue weighted by atomic mass is 79.9. The number of nitrogens with one attached hydrogen (secondary N) is 1. The number of carbonyl (C=O) groups is 1. The molecule has 0 bridgehead atoms. The maximum absolute atomic E-state index is 11.7. The third-order valence-electron chi connectivity index (χ3n) is 2.22. The van der Waals surface area contributed by atoms with Crippen LogP contribution in [0.1, 0.15) is 16.9 Å². The smallest absolute Gasteiger partial charge is 0.270 e. The summed E-state index contributed by atoms with van der Waals surface area (Å²) in [5, 5.41) is 2.87. The van der Waals surface area contributed by atoms with Gasteiger partial charge in [0, 0.05) is 17.3 Å². The van der Waals surface area contributed by atoms with Gasteiger partial charge < -0.3 is 10.1 Å². The average Bonchev–Trinajstić information content (AvgIpc) is 2.71. The Morgan fingerprint density at radius 1 is 1.60 bits per heavy atom. The highest BCUT2D eigenvalue weighted by Gasteiger charge is 2.18. The van der Waals surface area contributed by atoms with E-state index in [2.05, 4.69) is 26.2 Å². The second-order valence-electron chi connectivity index (χ2n) is 3.40. The molecule has 1 unspecified atom stereocenters. The quantitative estimate of drug-likeness (QED) is 0.883. The first-order valence-electron chi connectivity index (χ1n) is 4.76. The Balaban J connectivity index is 1.98. The van der Waals surface area contributed by atoms with Crippen molar-refractivity contribution in [3.05, 3.63) is 28.5 Å². The first kappa shape index (κ1) is 10.6. The van der Waals surface area contributed by atoms with Gasteiger partial charge in [0.15, 0.2) is 0 Å². The first-order valence-corrected chi connectivity index (χ1v) is 5.55. The van der Waals surface area contributed by atoms with Crippen LogP contribution in [-0.4, -0.2) is 30.1 Å². The molecular formula is C10H11BrN2O2. The van der Waals surface area contributed by atoms with E-state index in [1.54, 1.807) is 18.3 Å². The number of rotatable bonds is 2. The molecule has 1 N–H and O–H groups in total. The number of carbonyl (C=O) groups excluding carboxylic acids is 1. The van der Waals surface area contributed by atoms with E-state index in [1.165, 1.54) is 0 Å². The molecule has 0 aliphatic carbocycles. The molecule has 1 amide bonds. The zero-order valence-electron chi connectivity index (χ0n) is 8.07. The molecule has 0 aromatic carbocycles. The van der Waals surface area contributed by atoms with Crippen LogP contribution in [0, 0.1) is 0 Å². The number of halogens is 1. The molecule has 0 saturated carbocycles. The van der Waals surface area contributed by atoms with E-state index in [4.69, 9.17) is 4.74 Å². The van der Waals surface area contributed by atoms with Crippen molar-refractivity contribution in [2.24, 2.45) is 0 Å². The van der Waals surface area contributed by atoms with Crippen LogP contribution in [0.4, 0.5) is 0 Å². The maximum atomic E-state index is 11.7. The van der Waals surface area contributed by atoms with Gasteiger partial charge in [-0.25, -0.2) is 4.98 Å². The van der Waals surface area contributed by atoms with Crippen molar-refractivity contribution < 1.29 is 9.53 Å². The summed E-state index contributed by atoms with van der Waals surface area (Å²) in [6.07, 6.45) is 2.49. The Morgan fingerprint density at radius 3 is 3.07 bits per heavy atom. The zero-order chi connectivity index (χ0) is 10.7. The number of pyridine rings is 1. The molecule has 0 spiro atoms. The Bertz CT molecular complexity index is 347. The van der Waals surface area contributed by atoms with Crippen molar-refractivity contribution in [2.75, 3.05) is 13.2 Å². The van der Waals surface area contributed by atoms with E-state index in [1.807, 2.05) is 0 Å². The van der Waals surface area contributed by atoms with Crippen molar-refractivity contribution >= 4 is 21.8 Å². The van der Waals surface area contributed by atoms with Crippen LogP contribution in [0.2, 0.25) is 0 Å². The third kappa shape index (κ3) is 2.76. The normalized spacial score (nSPS) is 20.2. The van der Waals surface area contributed by atoms with Crippen LogP contribution in [0.5, 0.6) is 0 Å². The molecule has 1 aromatic heterocycles. The van der Waals surface area contributed by atoms with Crippen molar-refractivity contribution in [1.82, 2.24) is 10.3 Å². The van der Waals surface area contributed by atoms with E-state index in [9.17, 15) is 4.79 Å². The second-order valence-corrected chi connectivity index (χ2v) is 4.31. The highest BCUT2D eigenvalue weighted by Crippen LogP contribution is 2.08. The molecule has 1 fully saturated rings. The van der Waals surface area contributed by atoms with Crippen LogP contribution in [-0.2, 0) is 4.74 Å². The van der Waals surface area contributed by atoms with E-state index in [0.29, 0.717) is 12.3 Å². The van der Waals surface area contributed by atoms with Crippen LogP contribution < -0.4 is 5.32 Å². The standard InChI is InChI=1S/C10H11BrN2O2/c11-7-1-2-9(12-5-7)10(14)13-8-3-4-15-6-8/h1-2,5,8H,3-4,6H2,(H,13,14). The van der Waals surface area contributed by atoms with Gasteiger partial charge in [-0.3, -0.25) is 4.79 Å². The van der Waals surface area contributed by atoms with Crippen molar-refractivity contribution in [2.45, 2.75) is 12.5 Å². The molecular weight excluding hydrogens is 260 g/mol. The minimum absolute atomic E-state index is 0.128. The van der Waals surface area contributed by atoms with Gasteiger partial charge in [-0.05, 0) is 34.5 Å². The molecule has 1 aliphatic heterocycles. The summed E-state index contributed by atoms with van der Waals surface area (Å²) in [5.74, 6) is -0.141. The SMILES string of the molecule is O=C(NC1CCOC1)c1ccc(Br)cn1. The van der Waals surface area contributed by atoms with Gasteiger partial charge in [0.05, 0.1) is 12.6 Å². The lowest BCUT2D eigenvalue weighted by Gasteiger charge is -2.09. The van der Waals surface area contributed by atoms with Gasteiger partial charge in [0.1, 0.15) is 5.69 Å². The molecule has 1 aliphatic rings. The van der Waals surface area contributed by atoms with E-state index in [0.717, 1.165) is 17.5 Å². The summed E-state index contributed by atoms with van der Waals surface area (Å²) >= 11 is 3.27. The largest absolute Gasteiger partial charge is 0.379 e. The molecule has 2 rings (SSSR count). The van der Waals surface area contributed by atoms with E-state index < -0.39 is 0 Å². The molecule has 1 aromatic rings. The van der Waals surface area contributed by atoms with Crippen molar-refractivity contribution in [1.29, 1.82) is 0 Å². The van der Waals surface area contributed by atoms with Gasteiger partial charge in [-0.2, -0.15) is 0 Å². The summed E-state index contributed by atoms with van der Waals surface area (Å²) in [7, 11) is 0. The van der Waals surface area contributed by atoms with Gasteiger partial charge in [-0.15, -0.1) is 0 Å². The predicted molar refractivity (Wildman–Crippen MR) is 58.6 cm³/mol. The summed E-state index contributed by atoms with van der Waals surface area (Å²) in [6.45, 7) is 1.32. The lowest BCUT2D eigenvalue weighted by atomic mass is 10.2. The second kappa shape index (κ2) is 4.72. The summed E-state index contributed by atoms with van der Waals surface area (Å²) in [5.41, 5.74) is 0.435. The Morgan fingerprint density at radius 2 is 2.47 bits per heavy atom. The number of hydrogen-bond acceptors (Lipinski definition) is 3. The van der Waals surface area contributed by atoms with Crippen LogP contribution in [0.25, 0.3) is 0 Å². The fourth-order valence-corrected chi connectivity index (χ4v) is 1.65. The molecule has 5 heteroatoms. The Labute approximate surface area is 96.2 Å². The van der Waals surface area contributed by atoms with Gasteiger partial charge >= 0.3 is 0 Å². The van der Waals surface area contributed by atoms with Crippen LogP contribution >= 0.6 is 15.9 Å². The fourth-order valence-electron chi connectivity index (χ4n) is 1.42. The maximum Gasteiger partial charge on any atom is 0.270 e. The number of hydrogen-bond donors (Lipinski definition) is 1. The van der Waals surface area contributed by atoms with E-state index in [-0.39, 0.29) is 11.9 Å². The number of nitrogens with zero attached hydrogens (tertiary/aromatic N) is 1. The van der Waals surface area contributed by atoms with E-state index >= 15 is 0 Å². The van der Waals surface area contributed by atoms with Gasteiger partial charge in [0.25, 0.3) is 5.91 Å². The van der Waals surface area contributed by atoms with Gasteiger partial charge in [0.2, 0.25) is 0 Å². The monoisotopic (exact) mass is 270 g/mol. The van der Waals surface area contributed by atoms with Crippen LogP contribution in [0.3, 0.4) is 0 Å². The van der Waals surface area contributed by atoms with Gasteiger partial charge in [-0.1, -0.05) is 0 Å². The summed E-state index contributed by atoms with van der Waals surface area (Å²) < 4.78 is 6.03. The molecule has 4 nitrogen and oxygen atoms in total. The molecule has 2 heterocycles. The molecule has 80 valence electrons. The van der Waals surface area contributed by atoms with Crippen LogP contribution in [0.15, 0.2) is 22.8 Å². The molecule has 1 saturated heterocycles. The average molecular weight is 271 g/mol. The lowest BCUT2D eigenvalue weighted by molar-refractivity contribution is 0.0925. The topological polar surface area (TPSA) is 51.2 Å². The number of amides is 1. The zero-order valence-corrected chi connectivity index (χ0v) is 9.66. The third-order valence-corrected chi connectivity index (χ3v) is 2.69. The summed E-state index contributed by atoms with van der Waals surface area (Å²) in [4.78, 5) is 15.7. The predicted octanol–water partition coefficient (Wildman–Crippen LogP) is 1.36. The Hall–Kier alpha value is -0.940. The molecule has 1 atom stereocenters. The lowest BCUT2D eigenvalue weighted by Crippen LogP contribution is -2.35. The minimum Gasteiger partial charge on any atom is -0.379 e. The van der Waals surface area contributed by atoms with Crippen molar-refractivity contribution in [3.8, 4) is 0 Å². The van der Waals surface area contributed by atoms with Crippen molar-refractivity contribution in [3.63, 3.8) is 0 Å². The number of aromatic nitrogens is 1. The number of ether oxygens (including phenoxy) is 1. The molecule has 0 radical (unpaired) electrons. The molecule has 15 heavy (non-hydrogen) atoms. The summed E-state index contributed by atoms with van der Waals surface area (Å²) in [6, 6.07) is 3.62.